The van der Waals surface area contributed by atoms with Crippen LogP contribution in [-0.2, 0) is 0 Å². The summed E-state index contributed by atoms with van der Waals surface area (Å²) < 4.78 is 0. The van der Waals surface area contributed by atoms with Gasteiger partial charge in [0.1, 0.15) is 5.76 Å². The summed E-state index contributed by atoms with van der Waals surface area (Å²) in [4.78, 5) is 0. The Labute approximate surface area is 67.9 Å². The summed E-state index contributed by atoms with van der Waals surface area (Å²) in [6, 6.07) is 0. The van der Waals surface area contributed by atoms with E-state index in [0.717, 1.165) is 5.70 Å². The lowest BCUT2D eigenvalue weighted by atomic mass is 10.3. The fourth-order valence-corrected chi connectivity index (χ4v) is 0.574. The van der Waals surface area contributed by atoms with E-state index in [4.69, 9.17) is 5.11 Å². The normalized spacial score (nSPS) is 13.9. The number of aliphatic hydroxyl groups is 1. The van der Waals surface area contributed by atoms with Gasteiger partial charge in [0.25, 0.3) is 0 Å². The van der Waals surface area contributed by atoms with Crippen molar-refractivity contribution in [1.29, 1.82) is 0 Å². The summed E-state index contributed by atoms with van der Waals surface area (Å²) in [5.74, 6) is 0.251. The van der Waals surface area contributed by atoms with Crippen molar-refractivity contribution in [3.05, 3.63) is 35.9 Å². The van der Waals surface area contributed by atoms with Crippen LogP contribution >= 0.6 is 0 Å². The SMILES string of the molecule is C=C/C(N/C(C)=C/C)=C(\C)O. The Kier molecular flexibility index (Phi) is 4.11. The summed E-state index contributed by atoms with van der Waals surface area (Å²) in [5, 5.41) is 12.1. The third kappa shape index (κ3) is 3.50. The van der Waals surface area contributed by atoms with E-state index < -0.39 is 0 Å². The number of rotatable bonds is 3. The fraction of sp³-hybridized carbons (Fsp3) is 0.333. The van der Waals surface area contributed by atoms with Crippen molar-refractivity contribution in [2.75, 3.05) is 0 Å². The number of hydrogen-bond donors (Lipinski definition) is 2. The molecular weight excluding hydrogens is 138 g/mol. The van der Waals surface area contributed by atoms with Gasteiger partial charge in [-0.2, -0.15) is 0 Å². The Bertz CT molecular complexity index is 198. The van der Waals surface area contributed by atoms with Crippen LogP contribution in [0.3, 0.4) is 0 Å². The van der Waals surface area contributed by atoms with Crippen LogP contribution in [0.25, 0.3) is 0 Å². The van der Waals surface area contributed by atoms with E-state index in [1.54, 1.807) is 13.0 Å². The maximum atomic E-state index is 9.08. The molecule has 62 valence electrons. The Morgan fingerprint density at radius 1 is 1.45 bits per heavy atom. The predicted octanol–water partition coefficient (Wildman–Crippen LogP) is 2.48. The maximum absolute atomic E-state index is 9.08. The number of nitrogens with one attached hydrogen (secondary N) is 1. The van der Waals surface area contributed by atoms with Crippen molar-refractivity contribution in [3.8, 4) is 0 Å². The smallest absolute Gasteiger partial charge is 0.113 e. The van der Waals surface area contributed by atoms with E-state index in [1.165, 1.54) is 0 Å². The van der Waals surface area contributed by atoms with Crippen molar-refractivity contribution in [2.24, 2.45) is 0 Å². The predicted molar refractivity (Wildman–Crippen MR) is 48.1 cm³/mol. The van der Waals surface area contributed by atoms with E-state index in [2.05, 4.69) is 11.9 Å². The van der Waals surface area contributed by atoms with E-state index in [1.807, 2.05) is 19.9 Å². The lowest BCUT2D eigenvalue weighted by Gasteiger charge is -2.06. The molecule has 2 heteroatoms. The minimum absolute atomic E-state index is 0.251. The quantitative estimate of drug-likeness (QED) is 0.482. The Morgan fingerprint density at radius 3 is 2.27 bits per heavy atom. The van der Waals surface area contributed by atoms with E-state index in [0.29, 0.717) is 5.70 Å². The molecule has 0 aromatic rings. The maximum Gasteiger partial charge on any atom is 0.113 e. The van der Waals surface area contributed by atoms with Crippen LogP contribution in [0.4, 0.5) is 0 Å². The van der Waals surface area contributed by atoms with Crippen LogP contribution < -0.4 is 5.32 Å². The van der Waals surface area contributed by atoms with E-state index in [-0.39, 0.29) is 5.76 Å². The van der Waals surface area contributed by atoms with Gasteiger partial charge < -0.3 is 10.4 Å². The van der Waals surface area contributed by atoms with Crippen LogP contribution in [0.2, 0.25) is 0 Å². The highest BCUT2D eigenvalue weighted by atomic mass is 16.3. The first-order chi connectivity index (χ1) is 5.11. The zero-order chi connectivity index (χ0) is 8.85. The first-order valence-corrected chi connectivity index (χ1v) is 3.54. The van der Waals surface area contributed by atoms with Gasteiger partial charge in [-0.15, -0.1) is 0 Å². The number of allylic oxidation sites excluding steroid dienone is 4. The molecule has 0 aromatic carbocycles. The average molecular weight is 153 g/mol. The fourth-order valence-electron chi connectivity index (χ4n) is 0.574. The third-order valence-corrected chi connectivity index (χ3v) is 1.36. The lowest BCUT2D eigenvalue weighted by Crippen LogP contribution is -2.10. The second kappa shape index (κ2) is 4.61. The highest BCUT2D eigenvalue weighted by Gasteiger charge is 1.94. The molecule has 0 radical (unpaired) electrons. The second-order valence-corrected chi connectivity index (χ2v) is 2.30. The van der Waals surface area contributed by atoms with Gasteiger partial charge in [0.15, 0.2) is 0 Å². The molecule has 0 fully saturated rings. The minimum atomic E-state index is 0.251. The lowest BCUT2D eigenvalue weighted by molar-refractivity contribution is 0.405. The van der Waals surface area contributed by atoms with Gasteiger partial charge in [-0.25, -0.2) is 0 Å². The molecule has 0 aliphatic rings. The highest BCUT2D eigenvalue weighted by molar-refractivity contribution is 5.21. The summed E-state index contributed by atoms with van der Waals surface area (Å²) in [5.41, 5.74) is 1.65. The molecule has 0 aliphatic carbocycles. The molecule has 2 N–H and O–H groups in total. The summed E-state index contributed by atoms with van der Waals surface area (Å²) in [6.07, 6.45) is 3.51. The largest absolute Gasteiger partial charge is 0.510 e. The molecule has 0 spiro atoms. The molecule has 0 saturated carbocycles. The van der Waals surface area contributed by atoms with Crippen LogP contribution in [0.5, 0.6) is 0 Å². The average Bonchev–Trinajstić information content (AvgIpc) is 1.99. The Balaban J connectivity index is 4.35. The standard InChI is InChI=1S/C9H15NO/c1-5-7(3)10-9(6-2)8(4)11/h5-6,10-11H,2H2,1,3-4H3/b7-5+,9-8-. The van der Waals surface area contributed by atoms with Gasteiger partial charge in [0.2, 0.25) is 0 Å². The summed E-state index contributed by atoms with van der Waals surface area (Å²) >= 11 is 0. The van der Waals surface area contributed by atoms with Crippen molar-refractivity contribution in [1.82, 2.24) is 5.32 Å². The number of aliphatic hydroxyl groups excluding tert-OH is 1. The Hall–Kier alpha value is -1.18. The second-order valence-electron chi connectivity index (χ2n) is 2.30. The van der Waals surface area contributed by atoms with Gasteiger partial charge in [-0.05, 0) is 26.8 Å². The van der Waals surface area contributed by atoms with Crippen molar-refractivity contribution < 1.29 is 5.11 Å². The van der Waals surface area contributed by atoms with Crippen LogP contribution in [-0.4, -0.2) is 5.11 Å². The van der Waals surface area contributed by atoms with Crippen LogP contribution in [0, 0.1) is 0 Å². The first-order valence-electron chi connectivity index (χ1n) is 3.54. The van der Waals surface area contributed by atoms with E-state index >= 15 is 0 Å². The summed E-state index contributed by atoms with van der Waals surface area (Å²) in [7, 11) is 0. The minimum Gasteiger partial charge on any atom is -0.510 e. The highest BCUT2D eigenvalue weighted by Crippen LogP contribution is 2.00. The topological polar surface area (TPSA) is 32.3 Å². The molecule has 0 aromatic heterocycles. The zero-order valence-corrected chi connectivity index (χ0v) is 7.31. The van der Waals surface area contributed by atoms with Crippen LogP contribution in [0.1, 0.15) is 20.8 Å². The molecule has 0 heterocycles. The van der Waals surface area contributed by atoms with Gasteiger partial charge in [-0.3, -0.25) is 0 Å². The first kappa shape index (κ1) is 9.82. The van der Waals surface area contributed by atoms with Crippen molar-refractivity contribution in [2.45, 2.75) is 20.8 Å². The molecular formula is C9H15NO. The Morgan fingerprint density at radius 2 is 2.00 bits per heavy atom. The van der Waals surface area contributed by atoms with E-state index in [9.17, 15) is 0 Å². The van der Waals surface area contributed by atoms with Gasteiger partial charge in [0.05, 0.1) is 5.70 Å². The molecule has 0 aliphatic heterocycles. The molecule has 0 unspecified atom stereocenters. The monoisotopic (exact) mass is 153 g/mol. The molecule has 0 saturated heterocycles. The summed E-state index contributed by atoms with van der Waals surface area (Å²) in [6.45, 7) is 9.03. The van der Waals surface area contributed by atoms with Gasteiger partial charge in [-0.1, -0.05) is 12.7 Å². The molecule has 0 atom stereocenters. The van der Waals surface area contributed by atoms with Gasteiger partial charge >= 0.3 is 0 Å². The van der Waals surface area contributed by atoms with Crippen LogP contribution in [0.15, 0.2) is 35.9 Å². The molecule has 0 rings (SSSR count). The number of hydrogen-bond acceptors (Lipinski definition) is 2. The third-order valence-electron chi connectivity index (χ3n) is 1.36. The van der Waals surface area contributed by atoms with Crippen molar-refractivity contribution in [3.63, 3.8) is 0 Å². The van der Waals surface area contributed by atoms with Crippen molar-refractivity contribution >= 4 is 0 Å². The molecule has 0 amide bonds. The molecule has 2 nitrogen and oxygen atoms in total. The zero-order valence-electron chi connectivity index (χ0n) is 7.31. The molecule has 0 bridgehead atoms. The molecule has 11 heavy (non-hydrogen) atoms. The van der Waals surface area contributed by atoms with Gasteiger partial charge in [0, 0.05) is 5.70 Å².